The fourth-order valence-electron chi connectivity index (χ4n) is 2.48. The van der Waals surface area contributed by atoms with Gasteiger partial charge in [0.15, 0.2) is 0 Å². The second kappa shape index (κ2) is 6.90. The number of aromatic amines is 1. The van der Waals surface area contributed by atoms with Gasteiger partial charge in [-0.3, -0.25) is 5.10 Å². The number of anilines is 3. The highest BCUT2D eigenvalue weighted by Crippen LogP contribution is 2.24. The van der Waals surface area contributed by atoms with Crippen molar-refractivity contribution in [3.8, 4) is 0 Å². The third-order valence-corrected chi connectivity index (χ3v) is 4.32. The Hall–Kier alpha value is -2.93. The van der Waals surface area contributed by atoms with E-state index in [1.165, 1.54) is 5.56 Å². The van der Waals surface area contributed by atoms with E-state index in [1.54, 1.807) is 12.4 Å². The molecule has 0 radical (unpaired) electrons. The van der Waals surface area contributed by atoms with Crippen molar-refractivity contribution in [1.82, 2.24) is 20.2 Å². The van der Waals surface area contributed by atoms with Gasteiger partial charge in [-0.25, -0.2) is 4.98 Å². The zero-order valence-corrected chi connectivity index (χ0v) is 14.8. The number of nitrogens with zero attached hydrogens (tertiary/aromatic N) is 3. The molecule has 4 aromatic rings. The van der Waals surface area contributed by atoms with Crippen molar-refractivity contribution in [1.29, 1.82) is 0 Å². The van der Waals surface area contributed by atoms with Crippen LogP contribution in [0.5, 0.6) is 0 Å². The Bertz CT molecular complexity index is 999. The zero-order chi connectivity index (χ0) is 17.1. The van der Waals surface area contributed by atoms with Crippen LogP contribution in [0.25, 0.3) is 10.9 Å². The van der Waals surface area contributed by atoms with Gasteiger partial charge in [-0.1, -0.05) is 30.3 Å². The minimum absolute atomic E-state index is 0.529. The summed E-state index contributed by atoms with van der Waals surface area (Å²) in [4.78, 5) is 8.87. The van der Waals surface area contributed by atoms with E-state index < -0.39 is 0 Å². The van der Waals surface area contributed by atoms with Gasteiger partial charge in [0.2, 0.25) is 5.95 Å². The van der Waals surface area contributed by atoms with Crippen molar-refractivity contribution >= 4 is 44.3 Å². The maximum Gasteiger partial charge on any atom is 0.229 e. The molecule has 0 fully saturated rings. The topological polar surface area (TPSA) is 78.5 Å². The number of benzene rings is 2. The van der Waals surface area contributed by atoms with E-state index in [0.29, 0.717) is 12.5 Å². The van der Waals surface area contributed by atoms with E-state index in [-0.39, 0.29) is 0 Å². The van der Waals surface area contributed by atoms with Crippen LogP contribution in [0.4, 0.5) is 17.5 Å². The van der Waals surface area contributed by atoms with Gasteiger partial charge in [0.1, 0.15) is 5.82 Å². The minimum Gasteiger partial charge on any atom is -0.365 e. The second-order valence-electron chi connectivity index (χ2n) is 5.53. The summed E-state index contributed by atoms with van der Waals surface area (Å²) in [6.45, 7) is 0.691. The predicted octanol–water partition coefficient (Wildman–Crippen LogP) is 4.47. The lowest BCUT2D eigenvalue weighted by molar-refractivity contribution is 1.07. The lowest BCUT2D eigenvalue weighted by atomic mass is 10.2. The highest BCUT2D eigenvalue weighted by molar-refractivity contribution is 9.10. The van der Waals surface area contributed by atoms with E-state index in [1.807, 2.05) is 36.4 Å². The van der Waals surface area contributed by atoms with Crippen LogP contribution in [0.1, 0.15) is 5.56 Å². The number of H-pyrrole nitrogens is 1. The summed E-state index contributed by atoms with van der Waals surface area (Å²) in [5.41, 5.74) is 3.09. The van der Waals surface area contributed by atoms with Gasteiger partial charge in [0.25, 0.3) is 0 Å². The van der Waals surface area contributed by atoms with Gasteiger partial charge in [-0.2, -0.15) is 10.1 Å². The second-order valence-corrected chi connectivity index (χ2v) is 6.38. The SMILES string of the molecule is Brc1cnc(Nc2ccc3[nH]ncc3c2)nc1NCc1ccccc1. The average Bonchev–Trinajstić information content (AvgIpc) is 3.11. The fourth-order valence-corrected chi connectivity index (χ4v) is 2.81. The van der Waals surface area contributed by atoms with Crippen LogP contribution < -0.4 is 10.6 Å². The Morgan fingerprint density at radius 2 is 1.92 bits per heavy atom. The Morgan fingerprint density at radius 3 is 2.80 bits per heavy atom. The van der Waals surface area contributed by atoms with Gasteiger partial charge in [0, 0.05) is 23.8 Å². The van der Waals surface area contributed by atoms with E-state index in [0.717, 1.165) is 26.9 Å². The monoisotopic (exact) mass is 394 g/mol. The summed E-state index contributed by atoms with van der Waals surface area (Å²) in [7, 11) is 0. The molecule has 2 heterocycles. The molecule has 0 amide bonds. The molecule has 6 nitrogen and oxygen atoms in total. The van der Waals surface area contributed by atoms with E-state index in [4.69, 9.17) is 0 Å². The summed E-state index contributed by atoms with van der Waals surface area (Å²) in [5.74, 6) is 1.27. The van der Waals surface area contributed by atoms with Crippen LogP contribution in [0.15, 0.2) is 65.4 Å². The van der Waals surface area contributed by atoms with Gasteiger partial charge in [0.05, 0.1) is 16.2 Å². The summed E-state index contributed by atoms with van der Waals surface area (Å²) in [5, 5.41) is 14.5. The first-order valence-corrected chi connectivity index (χ1v) is 8.58. The molecule has 0 saturated carbocycles. The summed E-state index contributed by atoms with van der Waals surface area (Å²) < 4.78 is 0.819. The Labute approximate surface area is 152 Å². The molecule has 4 rings (SSSR count). The quantitative estimate of drug-likeness (QED) is 0.465. The van der Waals surface area contributed by atoms with E-state index in [9.17, 15) is 0 Å². The van der Waals surface area contributed by atoms with Crippen LogP contribution in [0, 0.1) is 0 Å². The molecule has 124 valence electrons. The van der Waals surface area contributed by atoms with Crippen LogP contribution in [-0.4, -0.2) is 20.2 Å². The highest BCUT2D eigenvalue weighted by atomic mass is 79.9. The van der Waals surface area contributed by atoms with Crippen LogP contribution in [0.2, 0.25) is 0 Å². The molecule has 7 heteroatoms. The molecule has 0 saturated heterocycles. The third-order valence-electron chi connectivity index (χ3n) is 3.74. The van der Waals surface area contributed by atoms with E-state index >= 15 is 0 Å². The lowest BCUT2D eigenvalue weighted by Gasteiger charge is -2.10. The number of rotatable bonds is 5. The molecule has 0 aliphatic heterocycles. The minimum atomic E-state index is 0.529. The van der Waals surface area contributed by atoms with Crippen molar-refractivity contribution in [2.24, 2.45) is 0 Å². The van der Waals surface area contributed by atoms with Gasteiger partial charge >= 0.3 is 0 Å². The van der Waals surface area contributed by atoms with Crippen molar-refractivity contribution < 1.29 is 0 Å². The number of halogens is 1. The molecule has 0 atom stereocenters. The standard InChI is InChI=1S/C18H15BrN6/c19-15-11-21-18(23-14-6-7-16-13(8-14)10-22-25-16)24-17(15)20-9-12-4-2-1-3-5-12/h1-8,10-11H,9H2,(H,22,25)(H2,20,21,23,24). The lowest BCUT2D eigenvalue weighted by Crippen LogP contribution is -2.05. The van der Waals surface area contributed by atoms with E-state index in [2.05, 4.69) is 58.9 Å². The smallest absolute Gasteiger partial charge is 0.229 e. The fraction of sp³-hybridized carbons (Fsp3) is 0.0556. The molecule has 0 aliphatic carbocycles. The first kappa shape index (κ1) is 15.6. The molecule has 25 heavy (non-hydrogen) atoms. The molecular weight excluding hydrogens is 380 g/mol. The molecule has 0 bridgehead atoms. The van der Waals surface area contributed by atoms with Crippen molar-refractivity contribution in [3.63, 3.8) is 0 Å². The molecule has 2 aromatic heterocycles. The first-order chi connectivity index (χ1) is 12.3. The van der Waals surface area contributed by atoms with Crippen molar-refractivity contribution in [2.45, 2.75) is 6.54 Å². The summed E-state index contributed by atoms with van der Waals surface area (Å²) in [6.07, 6.45) is 3.52. The van der Waals surface area contributed by atoms with Gasteiger partial charge in [-0.05, 0) is 39.7 Å². The molecule has 0 unspecified atom stereocenters. The molecule has 3 N–H and O–H groups in total. The van der Waals surface area contributed by atoms with Crippen molar-refractivity contribution in [3.05, 3.63) is 71.0 Å². The maximum atomic E-state index is 4.55. The van der Waals surface area contributed by atoms with Gasteiger partial charge < -0.3 is 10.6 Å². The van der Waals surface area contributed by atoms with Crippen LogP contribution in [-0.2, 0) is 6.54 Å². The third kappa shape index (κ3) is 3.61. The molecule has 2 aromatic carbocycles. The Kier molecular flexibility index (Phi) is 4.30. The predicted molar refractivity (Wildman–Crippen MR) is 103 cm³/mol. The Morgan fingerprint density at radius 1 is 1.04 bits per heavy atom. The van der Waals surface area contributed by atoms with Crippen LogP contribution in [0.3, 0.4) is 0 Å². The van der Waals surface area contributed by atoms with Crippen LogP contribution >= 0.6 is 15.9 Å². The number of aromatic nitrogens is 4. The zero-order valence-electron chi connectivity index (χ0n) is 13.2. The average molecular weight is 395 g/mol. The number of hydrogen-bond donors (Lipinski definition) is 3. The normalized spacial score (nSPS) is 10.8. The molecule has 0 spiro atoms. The van der Waals surface area contributed by atoms with Crippen molar-refractivity contribution in [2.75, 3.05) is 10.6 Å². The number of nitrogens with one attached hydrogen (secondary N) is 3. The Balaban J connectivity index is 1.52. The first-order valence-electron chi connectivity index (χ1n) is 7.78. The molecule has 0 aliphatic rings. The maximum absolute atomic E-state index is 4.55. The summed E-state index contributed by atoms with van der Waals surface area (Å²) >= 11 is 3.49. The largest absolute Gasteiger partial charge is 0.365 e. The number of fused-ring (bicyclic) bond motifs is 1. The van der Waals surface area contributed by atoms with Gasteiger partial charge in [-0.15, -0.1) is 0 Å². The molecular formula is C18H15BrN6. The summed E-state index contributed by atoms with van der Waals surface area (Å²) in [6, 6.07) is 16.1. The number of hydrogen-bond acceptors (Lipinski definition) is 5. The highest BCUT2D eigenvalue weighted by Gasteiger charge is 2.06.